The van der Waals surface area contributed by atoms with Gasteiger partial charge in [-0.2, -0.15) is 0 Å². The largest absolute Gasteiger partial charge is 0.0622 e. The molecular weight excluding hydrogens is 1570 g/mol. The van der Waals surface area contributed by atoms with E-state index >= 15 is 0 Å². The Labute approximate surface area is 651 Å². The van der Waals surface area contributed by atoms with Crippen LogP contribution in [0.3, 0.4) is 0 Å². The first-order valence-corrected chi connectivity index (χ1v) is 43.5. The van der Waals surface area contributed by atoms with Gasteiger partial charge in [-0.3, -0.25) is 0 Å². The van der Waals surface area contributed by atoms with Crippen molar-refractivity contribution >= 4 is 138 Å². The van der Waals surface area contributed by atoms with Crippen LogP contribution in [0, 0.1) is 0 Å². The molecule has 0 aliphatic heterocycles. The van der Waals surface area contributed by atoms with Crippen LogP contribution in [0.4, 0.5) is 0 Å². The molecular formula is C93H88Cl2NP5Pd2. The number of nitrogens with two attached hydrogens (primary N) is 1. The number of hydrogen-bond acceptors (Lipinski definition) is 1. The Balaban J connectivity index is 0.000000197. The van der Waals surface area contributed by atoms with Crippen LogP contribution >= 0.6 is 58.7 Å². The fraction of sp³-hybridized carbons (Fsp3) is 0.0323. The monoisotopic (exact) mass is 1660 g/mol. The molecule has 0 aromatic heterocycles. The zero-order valence-electron chi connectivity index (χ0n) is 56.0. The Kier molecular flexibility index (Phi) is 40.8. The van der Waals surface area contributed by atoms with Crippen molar-refractivity contribution in [2.45, 2.75) is 14.9 Å². The molecule has 0 spiro atoms. The van der Waals surface area contributed by atoms with Crippen molar-refractivity contribution in [1.82, 2.24) is 0 Å². The number of hydrogen-bond donors (Lipinski definition) is 1. The first kappa shape index (κ1) is 84.3. The van der Waals surface area contributed by atoms with Gasteiger partial charge in [-0.1, -0.05) is 470 Å². The fourth-order valence-electron chi connectivity index (χ4n) is 10.9. The third kappa shape index (κ3) is 27.1. The van der Waals surface area contributed by atoms with E-state index in [0.717, 1.165) is 0 Å². The minimum Gasteiger partial charge on any atom is -0.0622 e. The van der Waals surface area contributed by atoms with Crippen molar-refractivity contribution in [2.75, 3.05) is 7.05 Å². The summed E-state index contributed by atoms with van der Waals surface area (Å²) in [5.41, 5.74) is 4.50. The van der Waals surface area contributed by atoms with Crippen molar-refractivity contribution in [3.05, 3.63) is 455 Å². The summed E-state index contributed by atoms with van der Waals surface area (Å²) in [6, 6.07) is 162. The fourth-order valence-corrected chi connectivity index (χ4v) is 22.4. The van der Waals surface area contributed by atoms with Gasteiger partial charge < -0.3 is 5.73 Å². The molecule has 0 fully saturated rings. The Hall–Kier alpha value is -7.69. The molecule has 524 valence electrons. The molecule has 0 unspecified atom stereocenters. The first-order chi connectivity index (χ1) is 49.7. The van der Waals surface area contributed by atoms with Crippen LogP contribution in [0.1, 0.15) is 14.9 Å². The zero-order chi connectivity index (χ0) is 69.3. The maximum absolute atomic E-state index is 4.81. The molecule has 0 radical (unpaired) electrons. The summed E-state index contributed by atoms with van der Waals surface area (Å²) in [4.78, 5) is 0. The molecule has 0 saturated carbocycles. The van der Waals surface area contributed by atoms with Gasteiger partial charge in [-0.05, 0) is 126 Å². The van der Waals surface area contributed by atoms with Crippen LogP contribution in [0.25, 0.3) is 0 Å². The van der Waals surface area contributed by atoms with E-state index in [1.165, 1.54) is 86.6 Å². The first-order valence-electron chi connectivity index (χ1n) is 32.8. The van der Waals surface area contributed by atoms with E-state index in [9.17, 15) is 0 Å². The normalized spacial score (nSPS) is 10.0. The van der Waals surface area contributed by atoms with Crippen LogP contribution in [0.5, 0.6) is 0 Å². The summed E-state index contributed by atoms with van der Waals surface area (Å²) in [5.74, 6) is 0. The molecule has 15 aromatic rings. The molecule has 10 heteroatoms. The average molecular weight is 1660 g/mol. The predicted octanol–water partition coefficient (Wildman–Crippen LogP) is 19.4. The molecule has 0 amide bonds. The molecule has 1 nitrogen and oxygen atoms in total. The van der Waals surface area contributed by atoms with Gasteiger partial charge in [0.05, 0.1) is 0 Å². The smallest absolute Gasteiger partial charge is 0 e. The Morgan fingerprint density at radius 1 is 0.155 bits per heavy atom. The van der Waals surface area contributed by atoms with Crippen molar-refractivity contribution in [3.8, 4) is 0 Å². The minimum absolute atomic E-state index is 0. The number of rotatable bonds is 15. The summed E-state index contributed by atoms with van der Waals surface area (Å²) < 4.78 is 0. The second-order valence-electron chi connectivity index (χ2n) is 21.8. The Bertz CT molecular complexity index is 3360. The number of halogens is 2. The molecule has 0 aliphatic rings. The van der Waals surface area contributed by atoms with E-state index < -0.39 is 39.6 Å². The van der Waals surface area contributed by atoms with Crippen LogP contribution in [0.2, 0.25) is 0 Å². The van der Waals surface area contributed by atoms with E-state index in [1.807, 2.05) is 0 Å². The Morgan fingerprint density at radius 3 is 0.252 bits per heavy atom. The van der Waals surface area contributed by atoms with E-state index in [0.29, 0.717) is 0 Å². The second kappa shape index (κ2) is 49.9. The summed E-state index contributed by atoms with van der Waals surface area (Å²) in [5, 5.41) is 21.0. The summed E-state index contributed by atoms with van der Waals surface area (Å²) in [6.07, 6.45) is 0. The summed E-state index contributed by atoms with van der Waals surface area (Å²) in [7, 11) is 8.90. The van der Waals surface area contributed by atoms with E-state index in [4.69, 9.17) is 19.1 Å². The maximum Gasteiger partial charge on any atom is 0 e. The van der Waals surface area contributed by atoms with Gasteiger partial charge >= 0.3 is 35.0 Å². The summed E-state index contributed by atoms with van der Waals surface area (Å²) >= 11 is -0.106. The van der Waals surface area contributed by atoms with E-state index in [1.54, 1.807) is 0 Å². The van der Waals surface area contributed by atoms with Crippen LogP contribution < -0.4 is 85.3 Å². The number of benzene rings is 15. The SMILES string of the molecule is C.C.CN.[Cl][Pd][Cl].[Pd].c1ccc(P(c2ccccc2)c2ccccc2)cc1.c1ccc(P(c2ccccc2)c2ccccc2)cc1.c1ccc(P(c2ccccc2)c2ccccc2)cc1.c1ccc(P(c2ccccc2)c2ccccc2)cc1.c1ccc(P(c2ccccc2)c2ccccc2)cc1. The molecule has 0 atom stereocenters. The van der Waals surface area contributed by atoms with Crippen LogP contribution in [0.15, 0.2) is 455 Å². The van der Waals surface area contributed by atoms with Crippen molar-refractivity contribution in [1.29, 1.82) is 0 Å². The standard InChI is InChI=1S/5C18H15P.CH5N.2CH4.2ClH.2Pd/c5*1-4-10-16(11-5-1)19(17-12-6-2-7-13-17)18-14-8-3-9-15-18;1-2;;;;;;/h5*1-15H;2H2,1H3;2*1H4;2*1H;;/q;;;;;;;;;;;+2/p-2. The van der Waals surface area contributed by atoms with Gasteiger partial charge in [0.25, 0.3) is 0 Å². The van der Waals surface area contributed by atoms with Crippen molar-refractivity contribution < 1.29 is 36.4 Å². The van der Waals surface area contributed by atoms with Gasteiger partial charge in [-0.15, -0.1) is 0 Å². The second-order valence-corrected chi connectivity index (χ2v) is 35.2. The maximum atomic E-state index is 4.81. The zero-order valence-corrected chi connectivity index (χ0v) is 65.1. The van der Waals surface area contributed by atoms with Gasteiger partial charge in [0, 0.05) is 20.4 Å². The topological polar surface area (TPSA) is 26.0 Å². The third-order valence-electron chi connectivity index (χ3n) is 15.2. The van der Waals surface area contributed by atoms with Crippen LogP contribution in [-0.2, 0) is 36.4 Å². The van der Waals surface area contributed by atoms with Crippen molar-refractivity contribution in [2.24, 2.45) is 5.73 Å². The molecule has 0 saturated heterocycles. The molecule has 15 aromatic carbocycles. The Morgan fingerprint density at radius 2 is 0.204 bits per heavy atom. The molecule has 2 N–H and O–H groups in total. The van der Waals surface area contributed by atoms with Gasteiger partial charge in [0.1, 0.15) is 0 Å². The quantitative estimate of drug-likeness (QED) is 0.0803. The van der Waals surface area contributed by atoms with E-state index in [-0.39, 0.29) is 51.2 Å². The average Bonchev–Trinajstić information content (AvgIpc) is 0.891. The van der Waals surface area contributed by atoms with Crippen molar-refractivity contribution in [3.63, 3.8) is 0 Å². The molecule has 15 rings (SSSR count). The molecule has 103 heavy (non-hydrogen) atoms. The van der Waals surface area contributed by atoms with Gasteiger partial charge in [0.15, 0.2) is 0 Å². The summed E-state index contributed by atoms with van der Waals surface area (Å²) in [6.45, 7) is 0. The molecule has 0 aliphatic carbocycles. The van der Waals surface area contributed by atoms with Gasteiger partial charge in [-0.25, -0.2) is 0 Å². The predicted molar refractivity (Wildman–Crippen MR) is 461 cm³/mol. The molecule has 0 heterocycles. The molecule has 0 bridgehead atoms. The van der Waals surface area contributed by atoms with Gasteiger partial charge in [0.2, 0.25) is 0 Å². The van der Waals surface area contributed by atoms with E-state index in [2.05, 4.69) is 461 Å². The third-order valence-corrected chi connectivity index (χ3v) is 27.4. The van der Waals surface area contributed by atoms with Crippen LogP contribution in [-0.4, -0.2) is 7.05 Å². The minimum atomic E-state index is -0.446.